The molecule has 166 valence electrons. The molecule has 0 unspecified atom stereocenters. The van der Waals surface area contributed by atoms with Crippen LogP contribution in [0.1, 0.15) is 34.3 Å². The zero-order valence-electron chi connectivity index (χ0n) is 17.8. The number of nitrogens with zero attached hydrogens (tertiary/aromatic N) is 2. The molecule has 5 rings (SSSR count). The van der Waals surface area contributed by atoms with E-state index in [-0.39, 0.29) is 17.7 Å². The number of nitrogens with one attached hydrogen (secondary N) is 1. The number of aryl methyl sites for hydroxylation is 2. The Morgan fingerprint density at radius 1 is 1.09 bits per heavy atom. The quantitative estimate of drug-likeness (QED) is 0.475. The minimum Gasteiger partial charge on any atom is -0.366 e. The highest BCUT2D eigenvalue weighted by molar-refractivity contribution is 7.17. The van der Waals surface area contributed by atoms with Gasteiger partial charge in [0.1, 0.15) is 11.4 Å². The highest BCUT2D eigenvalue weighted by Crippen LogP contribution is 2.33. The smallest absolute Gasteiger partial charge is 0.263 e. The second kappa shape index (κ2) is 8.63. The molecule has 7 nitrogen and oxygen atoms in total. The summed E-state index contributed by atoms with van der Waals surface area (Å²) in [6.07, 6.45) is 5.94. The van der Waals surface area contributed by atoms with Crippen LogP contribution in [-0.4, -0.2) is 21.4 Å². The number of nitrogens with two attached hydrogens (primary N) is 1. The fraction of sp³-hybridized carbons (Fsp3) is 0.200. The van der Waals surface area contributed by atoms with Crippen LogP contribution in [0.3, 0.4) is 0 Å². The Labute approximate surface area is 193 Å². The molecule has 3 N–H and O–H groups in total. The molecule has 1 aliphatic rings. The van der Waals surface area contributed by atoms with Crippen molar-refractivity contribution in [3.63, 3.8) is 0 Å². The lowest BCUT2D eigenvalue weighted by Crippen LogP contribution is -2.28. The van der Waals surface area contributed by atoms with E-state index in [9.17, 15) is 14.4 Å². The molecule has 0 spiro atoms. The molecule has 0 atom stereocenters. The van der Waals surface area contributed by atoms with Crippen molar-refractivity contribution in [1.82, 2.24) is 9.55 Å². The Bertz CT molecular complexity index is 1450. The van der Waals surface area contributed by atoms with Gasteiger partial charge in [-0.1, -0.05) is 30.3 Å². The summed E-state index contributed by atoms with van der Waals surface area (Å²) in [5, 5.41) is 5.14. The third-order valence-electron chi connectivity index (χ3n) is 6.00. The summed E-state index contributed by atoms with van der Waals surface area (Å²) in [7, 11) is 0. The maximum Gasteiger partial charge on any atom is 0.263 e. The number of rotatable bonds is 5. The SMILES string of the molecule is NC(=O)c1ccccc1NC(=O)Cn1cnc2scc(-c3ccc4c(c3)CCCC4)c2c1=O. The number of amides is 2. The molecular weight excluding hydrogens is 436 g/mol. The summed E-state index contributed by atoms with van der Waals surface area (Å²) >= 11 is 1.42. The lowest BCUT2D eigenvalue weighted by Gasteiger charge is -2.16. The molecule has 1 aliphatic carbocycles. The molecule has 4 aromatic rings. The molecule has 0 bridgehead atoms. The third-order valence-corrected chi connectivity index (χ3v) is 6.89. The van der Waals surface area contributed by atoms with Gasteiger partial charge < -0.3 is 11.1 Å². The average Bonchev–Trinajstić information content (AvgIpc) is 3.26. The second-order valence-electron chi connectivity index (χ2n) is 8.16. The summed E-state index contributed by atoms with van der Waals surface area (Å²) < 4.78 is 1.29. The number of anilines is 1. The van der Waals surface area contributed by atoms with Crippen molar-refractivity contribution < 1.29 is 9.59 Å². The monoisotopic (exact) mass is 458 g/mol. The molecule has 0 saturated carbocycles. The maximum atomic E-state index is 13.3. The first-order chi connectivity index (χ1) is 16.0. The molecule has 0 fully saturated rings. The Kier molecular flexibility index (Phi) is 5.51. The van der Waals surface area contributed by atoms with Crippen molar-refractivity contribution in [3.8, 4) is 11.1 Å². The minimum absolute atomic E-state index is 0.208. The second-order valence-corrected chi connectivity index (χ2v) is 9.01. The first kappa shape index (κ1) is 21.1. The van der Waals surface area contributed by atoms with Crippen LogP contribution in [0.15, 0.2) is 59.0 Å². The van der Waals surface area contributed by atoms with Crippen LogP contribution < -0.4 is 16.6 Å². The first-order valence-corrected chi connectivity index (χ1v) is 11.7. The average molecular weight is 459 g/mol. The number of primary amides is 1. The summed E-state index contributed by atoms with van der Waals surface area (Å²) in [6, 6.07) is 12.9. The van der Waals surface area contributed by atoms with Gasteiger partial charge in [0.05, 0.1) is 23.0 Å². The van der Waals surface area contributed by atoms with Crippen molar-refractivity contribution in [1.29, 1.82) is 0 Å². The number of carbonyl (C=O) groups is 2. The normalized spacial score (nSPS) is 13.0. The highest BCUT2D eigenvalue weighted by Gasteiger charge is 2.17. The van der Waals surface area contributed by atoms with E-state index >= 15 is 0 Å². The van der Waals surface area contributed by atoms with E-state index in [1.165, 1.54) is 52.3 Å². The van der Waals surface area contributed by atoms with Gasteiger partial charge in [0, 0.05) is 10.9 Å². The number of aromatic nitrogens is 2. The van der Waals surface area contributed by atoms with Gasteiger partial charge in [-0.3, -0.25) is 19.0 Å². The molecule has 0 radical (unpaired) electrons. The molecule has 0 saturated heterocycles. The maximum absolute atomic E-state index is 13.3. The molecule has 2 aromatic heterocycles. The van der Waals surface area contributed by atoms with Crippen LogP contribution in [-0.2, 0) is 24.2 Å². The van der Waals surface area contributed by atoms with Crippen LogP contribution in [0.4, 0.5) is 5.69 Å². The fourth-order valence-corrected chi connectivity index (χ4v) is 5.25. The Hall–Kier alpha value is -3.78. The Morgan fingerprint density at radius 3 is 2.70 bits per heavy atom. The number of benzene rings is 2. The van der Waals surface area contributed by atoms with Gasteiger partial charge in [-0.05, 0) is 54.5 Å². The molecule has 33 heavy (non-hydrogen) atoms. The van der Waals surface area contributed by atoms with Crippen LogP contribution in [0.25, 0.3) is 21.3 Å². The fourth-order valence-electron chi connectivity index (χ4n) is 4.35. The van der Waals surface area contributed by atoms with Crippen LogP contribution >= 0.6 is 11.3 Å². The van der Waals surface area contributed by atoms with Crippen molar-refractivity contribution in [2.45, 2.75) is 32.2 Å². The van der Waals surface area contributed by atoms with Crippen LogP contribution in [0.5, 0.6) is 0 Å². The zero-order chi connectivity index (χ0) is 22.9. The van der Waals surface area contributed by atoms with E-state index in [0.717, 1.165) is 24.0 Å². The summed E-state index contributed by atoms with van der Waals surface area (Å²) in [5.74, 6) is -1.09. The van der Waals surface area contributed by atoms with E-state index in [1.807, 2.05) is 5.38 Å². The van der Waals surface area contributed by atoms with Gasteiger partial charge in [0.25, 0.3) is 11.5 Å². The van der Waals surface area contributed by atoms with Gasteiger partial charge in [-0.25, -0.2) is 4.98 Å². The van der Waals surface area contributed by atoms with E-state index in [4.69, 9.17) is 5.73 Å². The zero-order valence-corrected chi connectivity index (χ0v) is 18.7. The Morgan fingerprint density at radius 2 is 1.88 bits per heavy atom. The van der Waals surface area contributed by atoms with E-state index in [0.29, 0.717) is 15.9 Å². The standard InChI is InChI=1S/C25H22N4O3S/c26-23(31)18-7-3-4-8-20(18)28-21(30)12-29-14-27-24-22(25(29)32)19(13-33-24)17-10-9-15-5-1-2-6-16(15)11-17/h3-4,7-11,13-14H,1-2,5-6,12H2,(H2,26,31)(H,28,30). The molecule has 2 heterocycles. The largest absolute Gasteiger partial charge is 0.366 e. The van der Waals surface area contributed by atoms with Crippen LogP contribution in [0.2, 0.25) is 0 Å². The summed E-state index contributed by atoms with van der Waals surface area (Å²) in [6.45, 7) is -0.228. The van der Waals surface area contributed by atoms with Gasteiger partial charge in [-0.2, -0.15) is 0 Å². The van der Waals surface area contributed by atoms with Crippen LogP contribution in [0, 0.1) is 0 Å². The number of hydrogen-bond donors (Lipinski definition) is 2. The van der Waals surface area contributed by atoms with Gasteiger partial charge >= 0.3 is 0 Å². The predicted octanol–water partition coefficient (Wildman–Crippen LogP) is 3.74. The predicted molar refractivity (Wildman–Crippen MR) is 130 cm³/mol. The number of carbonyl (C=O) groups excluding carboxylic acids is 2. The topological polar surface area (TPSA) is 107 Å². The summed E-state index contributed by atoms with van der Waals surface area (Å²) in [5.41, 5.74) is 10.2. The summed E-state index contributed by atoms with van der Waals surface area (Å²) in [4.78, 5) is 42.6. The number of hydrogen-bond acceptors (Lipinski definition) is 5. The van der Waals surface area contributed by atoms with Crippen molar-refractivity contribution >= 4 is 39.1 Å². The van der Waals surface area contributed by atoms with Gasteiger partial charge in [-0.15, -0.1) is 11.3 Å². The number of thiophene rings is 1. The number of fused-ring (bicyclic) bond motifs is 2. The van der Waals surface area contributed by atoms with Crippen molar-refractivity contribution in [2.24, 2.45) is 5.73 Å². The van der Waals surface area contributed by atoms with Gasteiger partial charge in [0.2, 0.25) is 5.91 Å². The van der Waals surface area contributed by atoms with Gasteiger partial charge in [0.15, 0.2) is 0 Å². The minimum atomic E-state index is -0.640. The third kappa shape index (κ3) is 4.05. The molecule has 2 amide bonds. The van der Waals surface area contributed by atoms with E-state index in [1.54, 1.807) is 18.2 Å². The lowest BCUT2D eigenvalue weighted by atomic mass is 9.89. The Balaban J connectivity index is 1.46. The van der Waals surface area contributed by atoms with E-state index in [2.05, 4.69) is 28.5 Å². The molecular formula is C25H22N4O3S. The van der Waals surface area contributed by atoms with Crippen molar-refractivity contribution in [3.05, 3.63) is 81.2 Å². The molecule has 2 aromatic carbocycles. The highest BCUT2D eigenvalue weighted by atomic mass is 32.1. The molecule has 8 heteroatoms. The molecule has 0 aliphatic heterocycles. The lowest BCUT2D eigenvalue weighted by molar-refractivity contribution is -0.116. The first-order valence-electron chi connectivity index (χ1n) is 10.8. The van der Waals surface area contributed by atoms with E-state index < -0.39 is 11.8 Å². The number of para-hydroxylation sites is 1. The van der Waals surface area contributed by atoms with Crippen molar-refractivity contribution in [2.75, 3.05) is 5.32 Å².